The van der Waals surface area contributed by atoms with Crippen LogP contribution in [0.5, 0.6) is 0 Å². The number of anilines is 2. The fourth-order valence-electron chi connectivity index (χ4n) is 3.51. The highest BCUT2D eigenvalue weighted by Gasteiger charge is 2.19. The Kier molecular flexibility index (Phi) is 5.39. The highest BCUT2D eigenvalue weighted by Crippen LogP contribution is 2.27. The number of hydrogen-bond acceptors (Lipinski definition) is 5. The molecule has 27 heavy (non-hydrogen) atoms. The van der Waals surface area contributed by atoms with Crippen molar-refractivity contribution >= 4 is 11.5 Å². The molecule has 0 saturated carbocycles. The summed E-state index contributed by atoms with van der Waals surface area (Å²) in [6.45, 7) is 3.19. The van der Waals surface area contributed by atoms with Crippen LogP contribution in [-0.4, -0.2) is 21.5 Å². The van der Waals surface area contributed by atoms with Gasteiger partial charge < -0.3 is 10.6 Å². The largest absolute Gasteiger partial charge is 0.340 e. The van der Waals surface area contributed by atoms with Crippen molar-refractivity contribution in [3.63, 3.8) is 0 Å². The summed E-state index contributed by atoms with van der Waals surface area (Å²) in [5.74, 6) is 1.68. The summed E-state index contributed by atoms with van der Waals surface area (Å²) < 4.78 is 0. The molecule has 5 heteroatoms. The van der Waals surface area contributed by atoms with E-state index in [0.717, 1.165) is 48.0 Å². The van der Waals surface area contributed by atoms with Crippen molar-refractivity contribution in [2.75, 3.05) is 11.9 Å². The van der Waals surface area contributed by atoms with Crippen molar-refractivity contribution in [2.24, 2.45) is 0 Å². The van der Waals surface area contributed by atoms with Crippen molar-refractivity contribution < 1.29 is 0 Å². The molecule has 1 atom stereocenters. The fourth-order valence-corrected chi connectivity index (χ4v) is 3.51. The van der Waals surface area contributed by atoms with E-state index in [1.54, 1.807) is 6.20 Å². The maximum absolute atomic E-state index is 4.86. The van der Waals surface area contributed by atoms with Crippen molar-refractivity contribution in [2.45, 2.75) is 38.6 Å². The number of aromatic nitrogens is 3. The number of para-hydroxylation sites is 1. The van der Waals surface area contributed by atoms with Gasteiger partial charge in [-0.3, -0.25) is 4.98 Å². The van der Waals surface area contributed by atoms with Crippen LogP contribution in [0.4, 0.5) is 11.5 Å². The second-order valence-corrected chi connectivity index (χ2v) is 6.88. The highest BCUT2D eigenvalue weighted by atomic mass is 15.1. The van der Waals surface area contributed by atoms with Gasteiger partial charge in [0.1, 0.15) is 11.6 Å². The second kappa shape index (κ2) is 8.27. The van der Waals surface area contributed by atoms with Crippen LogP contribution in [0.25, 0.3) is 11.3 Å². The van der Waals surface area contributed by atoms with Gasteiger partial charge in [-0.1, -0.05) is 31.5 Å². The van der Waals surface area contributed by atoms with E-state index in [-0.39, 0.29) is 6.04 Å². The molecule has 1 saturated heterocycles. The Hall–Kier alpha value is -2.79. The molecule has 1 unspecified atom stereocenters. The van der Waals surface area contributed by atoms with Crippen LogP contribution in [0.15, 0.2) is 54.9 Å². The van der Waals surface area contributed by atoms with Crippen LogP contribution in [-0.2, 0) is 6.42 Å². The molecule has 1 fully saturated rings. The minimum absolute atomic E-state index is 0.206. The topological polar surface area (TPSA) is 62.7 Å². The van der Waals surface area contributed by atoms with E-state index in [4.69, 9.17) is 9.97 Å². The fraction of sp³-hybridized carbons (Fsp3) is 0.318. The summed E-state index contributed by atoms with van der Waals surface area (Å²) in [5.41, 5.74) is 4.27. The lowest BCUT2D eigenvalue weighted by Gasteiger charge is -2.23. The summed E-state index contributed by atoms with van der Waals surface area (Å²) in [6.07, 6.45) is 8.10. The molecule has 3 heterocycles. The summed E-state index contributed by atoms with van der Waals surface area (Å²) in [6, 6.07) is 14.6. The van der Waals surface area contributed by atoms with Crippen LogP contribution in [0.1, 0.15) is 43.6 Å². The van der Waals surface area contributed by atoms with E-state index in [1.807, 2.05) is 30.5 Å². The quantitative estimate of drug-likeness (QED) is 0.694. The van der Waals surface area contributed by atoms with E-state index in [9.17, 15) is 0 Å². The first kappa shape index (κ1) is 17.6. The monoisotopic (exact) mass is 359 g/mol. The van der Waals surface area contributed by atoms with Crippen LogP contribution < -0.4 is 10.6 Å². The Morgan fingerprint density at radius 2 is 2.04 bits per heavy atom. The van der Waals surface area contributed by atoms with E-state index in [1.165, 1.54) is 18.4 Å². The minimum Gasteiger partial charge on any atom is -0.340 e. The molecule has 0 amide bonds. The molecule has 5 nitrogen and oxygen atoms in total. The number of nitrogens with one attached hydrogen (secondary N) is 2. The Balaban J connectivity index is 1.73. The van der Waals surface area contributed by atoms with Gasteiger partial charge in [0.25, 0.3) is 0 Å². The molecular formula is C22H25N5. The lowest BCUT2D eigenvalue weighted by atomic mass is 10.0. The normalized spacial score (nSPS) is 16.9. The summed E-state index contributed by atoms with van der Waals surface area (Å²) in [5, 5.41) is 7.07. The molecule has 0 bridgehead atoms. The Bertz CT molecular complexity index is 888. The summed E-state index contributed by atoms with van der Waals surface area (Å²) >= 11 is 0. The zero-order chi connectivity index (χ0) is 18.5. The number of nitrogens with zero attached hydrogens (tertiary/aromatic N) is 3. The van der Waals surface area contributed by atoms with E-state index >= 15 is 0 Å². The third kappa shape index (κ3) is 4.14. The molecule has 138 valence electrons. The molecule has 1 aliphatic rings. The Morgan fingerprint density at radius 1 is 1.11 bits per heavy atom. The Morgan fingerprint density at radius 3 is 2.81 bits per heavy atom. The van der Waals surface area contributed by atoms with Crippen molar-refractivity contribution in [3.05, 3.63) is 66.2 Å². The molecule has 0 radical (unpaired) electrons. The van der Waals surface area contributed by atoms with Gasteiger partial charge in [0.15, 0.2) is 0 Å². The number of piperidine rings is 1. The number of hydrogen-bond donors (Lipinski definition) is 2. The SMILES string of the molecule is CCc1ccccc1Nc1cc(-c2cccnc2)nc(C2CCCCN2)n1. The van der Waals surface area contributed by atoms with Crippen LogP contribution in [0.2, 0.25) is 0 Å². The average Bonchev–Trinajstić information content (AvgIpc) is 2.75. The highest BCUT2D eigenvalue weighted by molar-refractivity contribution is 5.66. The zero-order valence-electron chi connectivity index (χ0n) is 15.7. The summed E-state index contributed by atoms with van der Waals surface area (Å²) in [7, 11) is 0. The maximum atomic E-state index is 4.86. The predicted octanol–water partition coefficient (Wildman–Crippen LogP) is 4.66. The van der Waals surface area contributed by atoms with Gasteiger partial charge in [-0.25, -0.2) is 9.97 Å². The van der Waals surface area contributed by atoms with E-state index < -0.39 is 0 Å². The standard InChI is InChI=1S/C22H25N5/c1-2-16-8-3-4-10-18(16)25-21-14-20(17-9-7-12-23-15-17)26-22(27-21)19-11-5-6-13-24-19/h3-4,7-10,12,14-15,19,24H,2,5-6,11,13H2,1H3,(H,25,26,27). The number of pyridine rings is 1. The molecule has 1 aromatic carbocycles. The molecule has 0 aliphatic carbocycles. The van der Waals surface area contributed by atoms with Crippen molar-refractivity contribution in [1.29, 1.82) is 0 Å². The third-order valence-electron chi connectivity index (χ3n) is 4.98. The number of rotatable bonds is 5. The van der Waals surface area contributed by atoms with Gasteiger partial charge in [0, 0.05) is 29.7 Å². The van der Waals surface area contributed by atoms with Crippen LogP contribution in [0, 0.1) is 0 Å². The zero-order valence-corrected chi connectivity index (χ0v) is 15.7. The van der Waals surface area contributed by atoms with Crippen LogP contribution in [0.3, 0.4) is 0 Å². The van der Waals surface area contributed by atoms with Gasteiger partial charge in [-0.15, -0.1) is 0 Å². The van der Waals surface area contributed by atoms with E-state index in [0.29, 0.717) is 0 Å². The molecule has 2 aromatic heterocycles. The molecule has 1 aliphatic heterocycles. The first-order valence-electron chi connectivity index (χ1n) is 9.71. The third-order valence-corrected chi connectivity index (χ3v) is 4.98. The number of benzene rings is 1. The van der Waals surface area contributed by atoms with Gasteiger partial charge >= 0.3 is 0 Å². The van der Waals surface area contributed by atoms with Crippen molar-refractivity contribution in [3.8, 4) is 11.3 Å². The number of aryl methyl sites for hydroxylation is 1. The van der Waals surface area contributed by atoms with Gasteiger partial charge in [-0.05, 0) is 49.6 Å². The predicted molar refractivity (Wildman–Crippen MR) is 109 cm³/mol. The smallest absolute Gasteiger partial charge is 0.148 e. The average molecular weight is 359 g/mol. The molecule has 0 spiro atoms. The lowest BCUT2D eigenvalue weighted by Crippen LogP contribution is -2.28. The van der Waals surface area contributed by atoms with Crippen molar-refractivity contribution in [1.82, 2.24) is 20.3 Å². The molecule has 4 rings (SSSR count). The molecule has 3 aromatic rings. The van der Waals surface area contributed by atoms with E-state index in [2.05, 4.69) is 40.7 Å². The first-order chi connectivity index (χ1) is 13.3. The van der Waals surface area contributed by atoms with Crippen LogP contribution >= 0.6 is 0 Å². The van der Waals surface area contributed by atoms with Gasteiger partial charge in [-0.2, -0.15) is 0 Å². The minimum atomic E-state index is 0.206. The molecule has 2 N–H and O–H groups in total. The van der Waals surface area contributed by atoms with Gasteiger partial charge in [0.05, 0.1) is 11.7 Å². The molecular weight excluding hydrogens is 334 g/mol. The Labute approximate surface area is 160 Å². The maximum Gasteiger partial charge on any atom is 0.148 e. The second-order valence-electron chi connectivity index (χ2n) is 6.88. The lowest BCUT2D eigenvalue weighted by molar-refractivity contribution is 0.398. The van der Waals surface area contributed by atoms with Gasteiger partial charge in [0.2, 0.25) is 0 Å². The summed E-state index contributed by atoms with van der Waals surface area (Å²) in [4.78, 5) is 14.0. The first-order valence-corrected chi connectivity index (χ1v) is 9.71.